The summed E-state index contributed by atoms with van der Waals surface area (Å²) >= 11 is 6.56. The minimum absolute atomic E-state index is 0.0476. The second-order valence-corrected chi connectivity index (χ2v) is 22.7. The number of rotatable bonds is 13. The second kappa shape index (κ2) is 18.8. The summed E-state index contributed by atoms with van der Waals surface area (Å²) in [6.45, 7) is 10.8. The number of anilines is 1. The third-order valence-corrected chi connectivity index (χ3v) is 16.8. The number of halogens is 1. The van der Waals surface area contributed by atoms with E-state index in [9.17, 15) is 38.2 Å². The number of ether oxygens (including phenoxy) is 3. The molecule has 0 aliphatic carbocycles. The molecule has 6 aliphatic heterocycles. The first-order chi connectivity index (χ1) is 33.8. The Labute approximate surface area is 420 Å². The van der Waals surface area contributed by atoms with Gasteiger partial charge in [0, 0.05) is 71.2 Å². The molecule has 0 spiro atoms. The fourth-order valence-electron chi connectivity index (χ4n) is 11.9. The lowest BCUT2D eigenvalue weighted by Crippen LogP contribution is -2.55. The van der Waals surface area contributed by atoms with Gasteiger partial charge in [0.2, 0.25) is 11.6 Å². The van der Waals surface area contributed by atoms with Crippen molar-refractivity contribution in [3.63, 3.8) is 0 Å². The number of carbonyl (C=O) groups excluding carboxylic acids is 1. The SMILES string of the molecule is CN(CCCCOc1ccc(Cc2cc([C@@H]3O[C@H](CO)[C@@H](O)[C@H](O)[C@H]3O)ccc2Cl)cc1)C(=O)Cc1ccc2c(c1)C(C)(C)C1=C3C=C4C5=[N+](CCC4OC3CCN12)c1ccc(S(=O)(=O)[O-])cc1C5(C)C. The summed E-state index contributed by atoms with van der Waals surface area (Å²) in [6, 6.07) is 24.1. The molecule has 1 saturated heterocycles. The van der Waals surface area contributed by atoms with E-state index >= 15 is 0 Å². The highest BCUT2D eigenvalue weighted by atomic mass is 35.5. The van der Waals surface area contributed by atoms with E-state index in [-0.39, 0.29) is 34.8 Å². The minimum Gasteiger partial charge on any atom is -0.744 e. The molecular weight excluding hydrogens is 946 g/mol. The molecule has 0 radical (unpaired) electrons. The molecule has 4 aromatic carbocycles. The maximum Gasteiger partial charge on any atom is 0.226 e. The molecule has 6 heterocycles. The first-order valence-electron chi connectivity index (χ1n) is 24.6. The molecular formula is C55H62ClN3O11S. The van der Waals surface area contributed by atoms with Crippen LogP contribution in [0.2, 0.25) is 5.02 Å². The van der Waals surface area contributed by atoms with Gasteiger partial charge in [-0.3, -0.25) is 4.79 Å². The van der Waals surface area contributed by atoms with Crippen molar-refractivity contribution < 1.29 is 57.0 Å². The first kappa shape index (κ1) is 49.6. The van der Waals surface area contributed by atoms with Crippen molar-refractivity contribution >= 4 is 44.7 Å². The number of fused-ring (bicyclic) bond motifs is 8. The molecule has 0 aromatic heterocycles. The lowest BCUT2D eigenvalue weighted by Gasteiger charge is -2.42. The van der Waals surface area contributed by atoms with Gasteiger partial charge in [-0.05, 0) is 110 Å². The Bertz CT molecular complexity index is 2980. The molecule has 0 saturated carbocycles. The lowest BCUT2D eigenvalue weighted by atomic mass is 9.74. The highest BCUT2D eigenvalue weighted by Crippen LogP contribution is 2.54. The number of amides is 1. The van der Waals surface area contributed by atoms with Crippen molar-refractivity contribution in [1.82, 2.24) is 4.90 Å². The Balaban J connectivity index is 0.746. The summed E-state index contributed by atoms with van der Waals surface area (Å²) in [5.74, 6) is 0.769. The molecule has 6 aliphatic rings. The van der Waals surface area contributed by atoms with Gasteiger partial charge < -0.3 is 49.0 Å². The van der Waals surface area contributed by atoms with E-state index in [1.54, 1.807) is 35.2 Å². The predicted molar refractivity (Wildman–Crippen MR) is 267 cm³/mol. The Morgan fingerprint density at radius 3 is 2.39 bits per heavy atom. The van der Waals surface area contributed by atoms with Gasteiger partial charge in [-0.25, -0.2) is 8.42 Å². The molecule has 7 atom stereocenters. The summed E-state index contributed by atoms with van der Waals surface area (Å²) in [4.78, 5) is 17.6. The van der Waals surface area contributed by atoms with Crippen LogP contribution in [0.3, 0.4) is 0 Å². The Hall–Kier alpha value is -4.94. The van der Waals surface area contributed by atoms with Gasteiger partial charge in [0.05, 0.1) is 42.2 Å². The zero-order valence-corrected chi connectivity index (χ0v) is 42.2. The largest absolute Gasteiger partial charge is 0.744 e. The lowest BCUT2D eigenvalue weighted by molar-refractivity contribution is -0.445. The molecule has 71 heavy (non-hydrogen) atoms. The molecule has 4 N–H and O–H groups in total. The number of hydrogen-bond donors (Lipinski definition) is 4. The van der Waals surface area contributed by atoms with Gasteiger partial charge >= 0.3 is 0 Å². The van der Waals surface area contributed by atoms with Crippen LogP contribution in [0.5, 0.6) is 5.75 Å². The number of aliphatic hydroxyl groups excluding tert-OH is 4. The molecule has 0 bridgehead atoms. The van der Waals surface area contributed by atoms with Crippen LogP contribution in [-0.2, 0) is 48.1 Å². The highest BCUT2D eigenvalue weighted by Gasteiger charge is 2.55. The molecule has 1 amide bonds. The van der Waals surface area contributed by atoms with E-state index in [1.165, 1.54) is 17.3 Å². The van der Waals surface area contributed by atoms with Crippen LogP contribution in [0.4, 0.5) is 11.4 Å². The number of nitrogens with zero attached hydrogens (tertiary/aromatic N) is 3. The summed E-state index contributed by atoms with van der Waals surface area (Å²) < 4.78 is 57.2. The van der Waals surface area contributed by atoms with Gasteiger partial charge in [0.25, 0.3) is 0 Å². The number of unbranched alkanes of at least 4 members (excludes halogenated alkanes) is 1. The average Bonchev–Trinajstić information content (AvgIpc) is 3.72. The van der Waals surface area contributed by atoms with Crippen molar-refractivity contribution in [1.29, 1.82) is 0 Å². The van der Waals surface area contributed by atoms with Gasteiger partial charge in [0.15, 0.2) is 12.3 Å². The molecule has 16 heteroatoms. The first-order valence-corrected chi connectivity index (χ1v) is 26.4. The second-order valence-electron chi connectivity index (χ2n) is 20.9. The summed E-state index contributed by atoms with van der Waals surface area (Å²) in [5, 5.41) is 41.3. The Morgan fingerprint density at radius 2 is 1.65 bits per heavy atom. The van der Waals surface area contributed by atoms with Crippen molar-refractivity contribution in [2.75, 3.05) is 44.8 Å². The number of likely N-dealkylation sites (N-methyl/N-ethyl adjacent to an activating group) is 1. The molecule has 4 aromatic rings. The zero-order valence-electron chi connectivity index (χ0n) is 40.7. The van der Waals surface area contributed by atoms with Crippen molar-refractivity contribution in [3.05, 3.63) is 140 Å². The summed E-state index contributed by atoms with van der Waals surface area (Å²) in [6.07, 6.45) is -0.100. The number of hydrogen-bond acceptors (Lipinski definition) is 12. The van der Waals surface area contributed by atoms with Crippen LogP contribution in [0.15, 0.2) is 107 Å². The number of carbonyl (C=O) groups is 1. The van der Waals surface area contributed by atoms with E-state index < -0.39 is 52.7 Å². The van der Waals surface area contributed by atoms with E-state index in [0.717, 1.165) is 95.0 Å². The minimum atomic E-state index is -4.61. The van der Waals surface area contributed by atoms with E-state index in [0.29, 0.717) is 30.2 Å². The maximum atomic E-state index is 13.6. The molecule has 2 unspecified atom stereocenters. The standard InChI is InChI=1S/C55H62ClN3O11S/c1-54(2)39-25-32(10-16-42(39)58-21-18-44-37(52(54)58)29-38-45(69-44)19-22-59-43-17-14-36(71(65,66)67)28-40(43)55(3,4)53(38)59)26-47(61)57(5)20-6-7-23-68-35-12-8-31(9-13-35)24-34-27-33(11-15-41(34)56)51-50(64)49(63)48(62)46(30-60)70-51/h8-17,25,27-29,44-46,48-51,60,62-64H,6-7,18-24,26,30H2,1-5H3/t44?,45?,46-,48-,49+,50-,51+/m1/s1. The molecule has 1 fully saturated rings. The van der Waals surface area contributed by atoms with Gasteiger partial charge in [-0.15, -0.1) is 0 Å². The topological polar surface area (TPSA) is 192 Å². The normalized spacial score (nSPS) is 25.9. The van der Waals surface area contributed by atoms with E-state index in [1.807, 2.05) is 31.3 Å². The van der Waals surface area contributed by atoms with Crippen LogP contribution in [0.25, 0.3) is 0 Å². The van der Waals surface area contributed by atoms with Gasteiger partial charge in [-0.2, -0.15) is 4.58 Å². The molecule has 376 valence electrons. The monoisotopic (exact) mass is 1010 g/mol. The maximum absolute atomic E-state index is 13.6. The van der Waals surface area contributed by atoms with Crippen LogP contribution in [0.1, 0.15) is 92.9 Å². The van der Waals surface area contributed by atoms with Crippen LogP contribution in [0, 0.1) is 0 Å². The third-order valence-electron chi connectivity index (χ3n) is 15.6. The van der Waals surface area contributed by atoms with E-state index in [2.05, 4.69) is 61.4 Å². The van der Waals surface area contributed by atoms with Crippen molar-refractivity contribution in [3.8, 4) is 5.75 Å². The third kappa shape index (κ3) is 8.95. The number of benzene rings is 4. The molecule has 14 nitrogen and oxygen atoms in total. The average molecular weight is 1010 g/mol. The van der Waals surface area contributed by atoms with Gasteiger partial charge in [0.1, 0.15) is 46.4 Å². The quantitative estimate of drug-likeness (QED) is 0.0681. The summed E-state index contributed by atoms with van der Waals surface area (Å²) in [5.41, 5.74) is 11.0. The smallest absolute Gasteiger partial charge is 0.226 e. The summed E-state index contributed by atoms with van der Waals surface area (Å²) in [7, 11) is -2.76. The van der Waals surface area contributed by atoms with Crippen LogP contribution in [-0.4, -0.2) is 131 Å². The predicted octanol–water partition coefficient (Wildman–Crippen LogP) is 6.14. The fourth-order valence-corrected chi connectivity index (χ4v) is 12.5. The van der Waals surface area contributed by atoms with Crippen LogP contribution >= 0.6 is 11.6 Å². The molecule has 10 rings (SSSR count). The number of allylic oxidation sites excluding steroid dienone is 1. The highest BCUT2D eigenvalue weighted by molar-refractivity contribution is 7.85. The Kier molecular flexibility index (Phi) is 13.2. The van der Waals surface area contributed by atoms with Crippen molar-refractivity contribution in [2.24, 2.45) is 0 Å². The number of aliphatic hydroxyl groups is 4. The fraction of sp³-hybridized carbons (Fsp3) is 0.455. The van der Waals surface area contributed by atoms with Crippen LogP contribution < -0.4 is 9.64 Å². The Morgan fingerprint density at radius 1 is 0.887 bits per heavy atom. The zero-order chi connectivity index (χ0) is 50.3. The van der Waals surface area contributed by atoms with E-state index in [4.69, 9.17) is 25.8 Å². The van der Waals surface area contributed by atoms with Crippen molar-refractivity contribution in [2.45, 2.75) is 125 Å². The van der Waals surface area contributed by atoms with Gasteiger partial charge in [-0.1, -0.05) is 61.8 Å².